The van der Waals surface area contributed by atoms with Crippen molar-refractivity contribution < 1.29 is 14.8 Å². The number of nitrogens with zero attached hydrogens (tertiary/aromatic N) is 2. The van der Waals surface area contributed by atoms with Crippen LogP contribution in [0.2, 0.25) is 0 Å². The van der Waals surface area contributed by atoms with Gasteiger partial charge in [-0.25, -0.2) is 15.9 Å². The van der Waals surface area contributed by atoms with Gasteiger partial charge in [0.15, 0.2) is 0 Å². The van der Waals surface area contributed by atoms with E-state index in [1.54, 1.807) is 29.7 Å². The Hall–Kier alpha value is -3.84. The number of benzene rings is 2. The lowest BCUT2D eigenvalue weighted by Crippen LogP contribution is -2.19. The average Bonchev–Trinajstić information content (AvgIpc) is 2.74. The molecule has 134 valence electrons. The number of hydrogen-bond acceptors (Lipinski definition) is 5. The predicted molar refractivity (Wildman–Crippen MR) is 100 cm³/mol. The second-order valence-electron chi connectivity index (χ2n) is 5.54. The van der Waals surface area contributed by atoms with Crippen molar-refractivity contribution >= 4 is 18.0 Å². The lowest BCUT2D eigenvalue weighted by atomic mass is 10.1. The van der Waals surface area contributed by atoms with Crippen molar-refractivity contribution in [1.82, 2.24) is 15.9 Å². The summed E-state index contributed by atoms with van der Waals surface area (Å²) in [5.41, 5.74) is 6.83. The van der Waals surface area contributed by atoms with Gasteiger partial charge in [-0.05, 0) is 29.8 Å². The SMILES string of the molecule is O=C(NO)c1ccc(C=NNC(=O)c2cccc(-c3ccccc3)n2)cc1. The third-order valence-corrected chi connectivity index (χ3v) is 3.71. The molecule has 1 aromatic heterocycles. The lowest BCUT2D eigenvalue weighted by molar-refractivity contribution is 0.0706. The maximum absolute atomic E-state index is 12.2. The van der Waals surface area contributed by atoms with Gasteiger partial charge in [-0.1, -0.05) is 48.5 Å². The molecule has 0 aliphatic rings. The number of aromatic nitrogens is 1. The molecule has 0 saturated heterocycles. The molecule has 27 heavy (non-hydrogen) atoms. The second kappa shape index (κ2) is 8.50. The molecule has 1 heterocycles. The summed E-state index contributed by atoms with van der Waals surface area (Å²) in [6.45, 7) is 0. The van der Waals surface area contributed by atoms with E-state index in [2.05, 4.69) is 15.5 Å². The van der Waals surface area contributed by atoms with Crippen molar-refractivity contribution in [2.75, 3.05) is 0 Å². The normalized spacial score (nSPS) is 10.6. The summed E-state index contributed by atoms with van der Waals surface area (Å²) in [5.74, 6) is -1.03. The minimum atomic E-state index is -0.601. The van der Waals surface area contributed by atoms with Crippen LogP contribution in [0.15, 0.2) is 77.9 Å². The zero-order chi connectivity index (χ0) is 19.1. The number of carbonyl (C=O) groups excluding carboxylic acids is 2. The van der Waals surface area contributed by atoms with Gasteiger partial charge in [0.25, 0.3) is 11.8 Å². The number of hydroxylamine groups is 1. The summed E-state index contributed by atoms with van der Waals surface area (Å²) in [4.78, 5) is 27.8. The number of hydrazone groups is 1. The fraction of sp³-hybridized carbons (Fsp3) is 0. The largest absolute Gasteiger partial charge is 0.289 e. The highest BCUT2D eigenvalue weighted by Gasteiger charge is 2.08. The van der Waals surface area contributed by atoms with E-state index in [1.165, 1.54) is 18.3 Å². The van der Waals surface area contributed by atoms with Crippen LogP contribution in [0.3, 0.4) is 0 Å². The van der Waals surface area contributed by atoms with E-state index in [0.29, 0.717) is 16.8 Å². The van der Waals surface area contributed by atoms with Crippen LogP contribution in [0, 0.1) is 0 Å². The number of rotatable bonds is 5. The van der Waals surface area contributed by atoms with E-state index in [-0.39, 0.29) is 5.69 Å². The molecular weight excluding hydrogens is 344 g/mol. The number of pyridine rings is 1. The Morgan fingerprint density at radius 1 is 0.889 bits per heavy atom. The number of hydrogen-bond donors (Lipinski definition) is 3. The van der Waals surface area contributed by atoms with Crippen LogP contribution in [0.4, 0.5) is 0 Å². The molecule has 3 aromatic rings. The average molecular weight is 360 g/mol. The lowest BCUT2D eigenvalue weighted by Gasteiger charge is -2.04. The molecule has 0 aliphatic carbocycles. The van der Waals surface area contributed by atoms with Crippen LogP contribution in [0.1, 0.15) is 26.4 Å². The van der Waals surface area contributed by atoms with Gasteiger partial charge >= 0.3 is 0 Å². The van der Waals surface area contributed by atoms with E-state index in [4.69, 9.17) is 5.21 Å². The summed E-state index contributed by atoms with van der Waals surface area (Å²) in [5, 5.41) is 12.5. The van der Waals surface area contributed by atoms with Crippen LogP contribution in [0.5, 0.6) is 0 Å². The molecule has 3 N–H and O–H groups in total. The van der Waals surface area contributed by atoms with E-state index < -0.39 is 11.8 Å². The predicted octanol–water partition coefficient (Wildman–Crippen LogP) is 2.63. The minimum absolute atomic E-state index is 0.253. The molecule has 0 bridgehead atoms. The van der Waals surface area contributed by atoms with E-state index in [9.17, 15) is 9.59 Å². The van der Waals surface area contributed by atoms with Gasteiger partial charge < -0.3 is 0 Å². The Kier molecular flexibility index (Phi) is 5.66. The summed E-state index contributed by atoms with van der Waals surface area (Å²) in [6.07, 6.45) is 1.44. The van der Waals surface area contributed by atoms with E-state index in [0.717, 1.165) is 5.56 Å². The molecular formula is C20H16N4O3. The third kappa shape index (κ3) is 4.62. The van der Waals surface area contributed by atoms with E-state index in [1.807, 2.05) is 36.4 Å². The summed E-state index contributed by atoms with van der Waals surface area (Å²) in [6, 6.07) is 21.1. The highest BCUT2D eigenvalue weighted by Crippen LogP contribution is 2.16. The van der Waals surface area contributed by atoms with Crippen LogP contribution in [0.25, 0.3) is 11.3 Å². The summed E-state index contributed by atoms with van der Waals surface area (Å²) < 4.78 is 0. The van der Waals surface area contributed by atoms with Gasteiger partial charge in [0.2, 0.25) is 0 Å². The first-order chi connectivity index (χ1) is 13.2. The maximum Gasteiger partial charge on any atom is 0.289 e. The first kappa shape index (κ1) is 18.0. The maximum atomic E-state index is 12.2. The quantitative estimate of drug-likeness (QED) is 0.370. The summed E-state index contributed by atoms with van der Waals surface area (Å²) in [7, 11) is 0. The second-order valence-corrected chi connectivity index (χ2v) is 5.54. The molecule has 0 saturated carbocycles. The topological polar surface area (TPSA) is 104 Å². The first-order valence-corrected chi connectivity index (χ1v) is 8.08. The van der Waals surface area contributed by atoms with E-state index >= 15 is 0 Å². The Morgan fingerprint density at radius 2 is 1.63 bits per heavy atom. The van der Waals surface area contributed by atoms with Crippen molar-refractivity contribution in [3.8, 4) is 11.3 Å². The minimum Gasteiger partial charge on any atom is -0.288 e. The van der Waals surface area contributed by atoms with Crippen LogP contribution < -0.4 is 10.9 Å². The molecule has 3 rings (SSSR count). The Bertz CT molecular complexity index is 970. The molecule has 0 spiro atoms. The van der Waals surface area contributed by atoms with Gasteiger partial charge in [0.1, 0.15) is 5.69 Å². The van der Waals surface area contributed by atoms with Gasteiger partial charge in [-0.3, -0.25) is 14.8 Å². The molecule has 7 heteroatoms. The van der Waals surface area contributed by atoms with Gasteiger partial charge in [0, 0.05) is 11.1 Å². The zero-order valence-corrected chi connectivity index (χ0v) is 14.2. The van der Waals surface area contributed by atoms with Crippen LogP contribution >= 0.6 is 0 Å². The molecule has 0 unspecified atom stereocenters. The fourth-order valence-corrected chi connectivity index (χ4v) is 2.34. The Morgan fingerprint density at radius 3 is 2.33 bits per heavy atom. The zero-order valence-electron chi connectivity index (χ0n) is 14.2. The number of amides is 2. The summed E-state index contributed by atoms with van der Waals surface area (Å²) >= 11 is 0. The third-order valence-electron chi connectivity index (χ3n) is 3.71. The Labute approximate surface area is 155 Å². The number of carbonyl (C=O) groups is 2. The van der Waals surface area contributed by atoms with Crippen molar-refractivity contribution in [2.24, 2.45) is 5.10 Å². The molecule has 2 amide bonds. The monoisotopic (exact) mass is 360 g/mol. The fourth-order valence-electron chi connectivity index (χ4n) is 2.34. The highest BCUT2D eigenvalue weighted by atomic mass is 16.5. The molecule has 0 atom stereocenters. The van der Waals surface area contributed by atoms with Crippen molar-refractivity contribution in [3.05, 3.63) is 89.6 Å². The first-order valence-electron chi connectivity index (χ1n) is 8.08. The molecule has 2 aromatic carbocycles. The molecule has 0 fully saturated rings. The van der Waals surface area contributed by atoms with Crippen LogP contribution in [-0.2, 0) is 0 Å². The van der Waals surface area contributed by atoms with Crippen molar-refractivity contribution in [2.45, 2.75) is 0 Å². The number of nitrogens with one attached hydrogen (secondary N) is 2. The van der Waals surface area contributed by atoms with Crippen LogP contribution in [-0.4, -0.2) is 28.2 Å². The highest BCUT2D eigenvalue weighted by molar-refractivity contribution is 5.95. The Balaban J connectivity index is 1.66. The smallest absolute Gasteiger partial charge is 0.288 e. The molecule has 0 aliphatic heterocycles. The van der Waals surface area contributed by atoms with Gasteiger partial charge in [-0.2, -0.15) is 5.10 Å². The van der Waals surface area contributed by atoms with Crippen molar-refractivity contribution in [1.29, 1.82) is 0 Å². The molecule has 7 nitrogen and oxygen atoms in total. The molecule has 0 radical (unpaired) electrons. The van der Waals surface area contributed by atoms with Crippen molar-refractivity contribution in [3.63, 3.8) is 0 Å². The standard InChI is InChI=1S/C20H16N4O3/c25-19(24-27)16-11-9-14(10-12-16)13-21-23-20(26)18-8-4-7-17(22-18)15-5-2-1-3-6-15/h1-13,27H,(H,23,26)(H,24,25). The van der Waals surface area contributed by atoms with Gasteiger partial charge in [-0.15, -0.1) is 0 Å². The van der Waals surface area contributed by atoms with Gasteiger partial charge in [0.05, 0.1) is 11.9 Å².